The number of aliphatic hydroxyl groups is 1. The third-order valence-corrected chi connectivity index (χ3v) is 3.12. The number of phenols is 1. The van der Waals surface area contributed by atoms with E-state index in [9.17, 15) is 19.8 Å². The highest BCUT2D eigenvalue weighted by atomic mass is 16.6. The van der Waals surface area contributed by atoms with E-state index in [1.54, 1.807) is 12.1 Å². The zero-order valence-electron chi connectivity index (χ0n) is 9.74. The van der Waals surface area contributed by atoms with E-state index in [1.165, 1.54) is 18.2 Å². The van der Waals surface area contributed by atoms with E-state index in [4.69, 9.17) is 4.74 Å². The first-order valence-electron chi connectivity index (χ1n) is 5.77. The Kier molecular flexibility index (Phi) is 2.62. The number of benzene rings is 1. The van der Waals surface area contributed by atoms with Crippen LogP contribution in [0.2, 0.25) is 0 Å². The average Bonchev–Trinajstić information content (AvgIpc) is 3.17. The predicted octanol–water partition coefficient (Wildman–Crippen LogP) is -0.283. The van der Waals surface area contributed by atoms with Crippen LogP contribution in [-0.4, -0.2) is 40.2 Å². The molecule has 98 valence electrons. The Hall–Kier alpha value is -2.18. The first kappa shape index (κ1) is 11.9. The van der Waals surface area contributed by atoms with Gasteiger partial charge in [0.1, 0.15) is 18.0 Å². The fourth-order valence-electron chi connectivity index (χ4n) is 2.05. The molecular weight excluding hydrogens is 250 g/mol. The van der Waals surface area contributed by atoms with Crippen LogP contribution >= 0.6 is 0 Å². The Labute approximate surface area is 108 Å². The standard InChI is InChI=1S/C13H11NO5/c15-8-4-2-1-3-6(8)13(18)14-7-5-9(16)11-12(19-11)10(7)17/h1-5,9,11-12,15-16H,(H,14,18)/t9-,11-,12+/m0/s1. The molecule has 1 saturated heterocycles. The van der Waals surface area contributed by atoms with Crippen LogP contribution in [0.25, 0.3) is 0 Å². The number of phenolic OH excluding ortho intramolecular Hbond substituents is 1. The molecule has 1 aliphatic carbocycles. The van der Waals surface area contributed by atoms with Gasteiger partial charge < -0.3 is 20.3 Å². The molecule has 3 N–H and O–H groups in total. The van der Waals surface area contributed by atoms with Crippen molar-refractivity contribution in [3.8, 4) is 5.75 Å². The molecule has 6 nitrogen and oxygen atoms in total. The predicted molar refractivity (Wildman–Crippen MR) is 63.3 cm³/mol. The molecule has 1 aliphatic heterocycles. The Bertz CT molecular complexity index is 594. The van der Waals surface area contributed by atoms with Gasteiger partial charge in [-0.1, -0.05) is 12.1 Å². The van der Waals surface area contributed by atoms with Crippen molar-refractivity contribution in [3.05, 3.63) is 41.6 Å². The van der Waals surface area contributed by atoms with Crippen LogP contribution in [0.1, 0.15) is 10.4 Å². The number of epoxide rings is 1. The zero-order valence-corrected chi connectivity index (χ0v) is 9.74. The first-order valence-corrected chi connectivity index (χ1v) is 5.77. The van der Waals surface area contributed by atoms with E-state index in [2.05, 4.69) is 5.32 Å². The van der Waals surface area contributed by atoms with Crippen LogP contribution < -0.4 is 5.32 Å². The van der Waals surface area contributed by atoms with E-state index < -0.39 is 24.2 Å². The van der Waals surface area contributed by atoms with Crippen molar-refractivity contribution in [2.24, 2.45) is 0 Å². The summed E-state index contributed by atoms with van der Waals surface area (Å²) in [7, 11) is 0. The molecule has 0 aromatic heterocycles. The van der Waals surface area contributed by atoms with E-state index >= 15 is 0 Å². The van der Waals surface area contributed by atoms with E-state index in [0.717, 1.165) is 0 Å². The molecule has 0 bridgehead atoms. The second-order valence-corrected chi connectivity index (χ2v) is 4.43. The lowest BCUT2D eigenvalue weighted by Crippen LogP contribution is -2.36. The number of ketones is 1. The number of ether oxygens (including phenoxy) is 1. The maximum atomic E-state index is 11.9. The number of carbonyl (C=O) groups is 2. The Balaban J connectivity index is 1.80. The lowest BCUT2D eigenvalue weighted by molar-refractivity contribution is -0.117. The number of para-hydroxylation sites is 1. The van der Waals surface area contributed by atoms with Gasteiger partial charge >= 0.3 is 0 Å². The molecule has 0 radical (unpaired) electrons. The smallest absolute Gasteiger partial charge is 0.259 e. The van der Waals surface area contributed by atoms with Crippen LogP contribution in [0, 0.1) is 0 Å². The van der Waals surface area contributed by atoms with E-state index in [-0.39, 0.29) is 22.8 Å². The molecule has 3 atom stereocenters. The van der Waals surface area contributed by atoms with Crippen LogP contribution in [0.5, 0.6) is 5.75 Å². The van der Waals surface area contributed by atoms with Crippen LogP contribution in [0.3, 0.4) is 0 Å². The average molecular weight is 261 g/mol. The highest BCUT2D eigenvalue weighted by Gasteiger charge is 2.53. The van der Waals surface area contributed by atoms with Gasteiger partial charge in [0.15, 0.2) is 6.10 Å². The number of aromatic hydroxyl groups is 1. The van der Waals surface area contributed by atoms with Crippen molar-refractivity contribution in [2.45, 2.75) is 18.3 Å². The van der Waals surface area contributed by atoms with Gasteiger partial charge in [-0.3, -0.25) is 9.59 Å². The number of rotatable bonds is 2. The Morgan fingerprint density at radius 2 is 2.05 bits per heavy atom. The highest BCUT2D eigenvalue weighted by molar-refractivity contribution is 6.08. The molecule has 1 heterocycles. The summed E-state index contributed by atoms with van der Waals surface area (Å²) in [6.07, 6.45) is -0.797. The number of Topliss-reactive ketones (excluding diaryl/α,β-unsaturated/α-hetero) is 1. The van der Waals surface area contributed by atoms with Crippen molar-refractivity contribution < 1.29 is 24.5 Å². The molecule has 1 fully saturated rings. The normalized spacial score (nSPS) is 28.4. The van der Waals surface area contributed by atoms with E-state index in [1.807, 2.05) is 0 Å². The third-order valence-electron chi connectivity index (χ3n) is 3.12. The molecule has 0 spiro atoms. The van der Waals surface area contributed by atoms with Crippen molar-refractivity contribution in [1.29, 1.82) is 0 Å². The number of hydrogen-bond donors (Lipinski definition) is 3. The number of aliphatic hydroxyl groups excluding tert-OH is 1. The minimum atomic E-state index is -0.901. The number of nitrogens with one attached hydrogen (secondary N) is 1. The molecule has 0 saturated carbocycles. The summed E-state index contributed by atoms with van der Waals surface area (Å²) in [5.41, 5.74) is 0.0593. The number of fused-ring (bicyclic) bond motifs is 1. The van der Waals surface area contributed by atoms with Crippen LogP contribution in [0.15, 0.2) is 36.0 Å². The van der Waals surface area contributed by atoms with Gasteiger partial charge in [-0.2, -0.15) is 0 Å². The molecule has 0 unspecified atom stereocenters. The summed E-state index contributed by atoms with van der Waals surface area (Å²) in [5, 5.41) is 21.5. The molecule has 3 rings (SSSR count). The largest absolute Gasteiger partial charge is 0.507 e. The van der Waals surface area contributed by atoms with Crippen molar-refractivity contribution in [2.75, 3.05) is 0 Å². The number of amides is 1. The second-order valence-electron chi connectivity index (χ2n) is 4.43. The Morgan fingerprint density at radius 1 is 1.32 bits per heavy atom. The summed E-state index contributed by atoms with van der Waals surface area (Å²) in [6, 6.07) is 6.00. The highest BCUT2D eigenvalue weighted by Crippen LogP contribution is 2.33. The van der Waals surface area contributed by atoms with Gasteiger partial charge in [0.25, 0.3) is 5.91 Å². The molecule has 1 aromatic carbocycles. The monoisotopic (exact) mass is 261 g/mol. The first-order chi connectivity index (χ1) is 9.08. The second kappa shape index (κ2) is 4.18. The fourth-order valence-corrected chi connectivity index (χ4v) is 2.05. The summed E-state index contributed by atoms with van der Waals surface area (Å²) in [5.74, 6) is -1.15. The molecule has 1 amide bonds. The molecule has 6 heteroatoms. The minimum Gasteiger partial charge on any atom is -0.507 e. The molecule has 19 heavy (non-hydrogen) atoms. The van der Waals surface area contributed by atoms with E-state index in [0.29, 0.717) is 0 Å². The maximum Gasteiger partial charge on any atom is 0.259 e. The lowest BCUT2D eigenvalue weighted by Gasteiger charge is -2.14. The lowest BCUT2D eigenvalue weighted by atomic mass is 10.0. The third kappa shape index (κ3) is 2.00. The van der Waals surface area contributed by atoms with Gasteiger partial charge in [0, 0.05) is 0 Å². The summed E-state index contributed by atoms with van der Waals surface area (Å²) in [6.45, 7) is 0. The summed E-state index contributed by atoms with van der Waals surface area (Å²) < 4.78 is 4.99. The van der Waals surface area contributed by atoms with Crippen molar-refractivity contribution >= 4 is 11.7 Å². The van der Waals surface area contributed by atoms with Gasteiger partial charge in [-0.05, 0) is 18.2 Å². The zero-order chi connectivity index (χ0) is 13.6. The van der Waals surface area contributed by atoms with Gasteiger partial charge in [0.2, 0.25) is 5.78 Å². The molecule has 1 aromatic rings. The maximum absolute atomic E-state index is 11.9. The van der Waals surface area contributed by atoms with Gasteiger partial charge in [-0.25, -0.2) is 0 Å². The van der Waals surface area contributed by atoms with Gasteiger partial charge in [0.05, 0.1) is 11.3 Å². The minimum absolute atomic E-state index is 0.000460. The quantitative estimate of drug-likeness (QED) is 0.636. The van der Waals surface area contributed by atoms with Crippen LogP contribution in [-0.2, 0) is 9.53 Å². The molecular formula is C13H11NO5. The number of hydrogen-bond acceptors (Lipinski definition) is 5. The summed E-state index contributed by atoms with van der Waals surface area (Å²) in [4.78, 5) is 23.7. The molecule has 2 aliphatic rings. The number of carbonyl (C=O) groups excluding carboxylic acids is 2. The van der Waals surface area contributed by atoms with Crippen molar-refractivity contribution in [1.82, 2.24) is 5.32 Å². The fraction of sp³-hybridized carbons (Fsp3) is 0.231. The topological polar surface area (TPSA) is 99.2 Å². The summed E-state index contributed by atoms with van der Waals surface area (Å²) >= 11 is 0. The SMILES string of the molecule is O=C(NC1=C[C@H](O)[C@@H]2O[C@@H]2C1=O)c1ccccc1O. The Morgan fingerprint density at radius 3 is 2.79 bits per heavy atom. The van der Waals surface area contributed by atoms with Gasteiger partial charge in [-0.15, -0.1) is 0 Å². The van der Waals surface area contributed by atoms with Crippen molar-refractivity contribution in [3.63, 3.8) is 0 Å². The van der Waals surface area contributed by atoms with Crippen LogP contribution in [0.4, 0.5) is 0 Å².